The maximum absolute atomic E-state index is 10.7. The van der Waals surface area contributed by atoms with E-state index in [2.05, 4.69) is 11.8 Å². The molecule has 0 aromatic heterocycles. The van der Waals surface area contributed by atoms with Gasteiger partial charge >= 0.3 is 5.97 Å². The molecule has 0 bridgehead atoms. The fourth-order valence-electron chi connectivity index (χ4n) is 2.33. The molecule has 100 valence electrons. The molecular formula is C12H24N2O3. The largest absolute Gasteiger partial charge is 0.480 e. The first-order valence-electron chi connectivity index (χ1n) is 6.27. The van der Waals surface area contributed by atoms with Gasteiger partial charge in [0.2, 0.25) is 0 Å². The minimum absolute atomic E-state index is 0.168. The lowest BCUT2D eigenvalue weighted by Crippen LogP contribution is -2.36. The summed E-state index contributed by atoms with van der Waals surface area (Å²) in [5.74, 6) is -0.197. The molecule has 1 N–H and O–H groups in total. The lowest BCUT2D eigenvalue weighted by molar-refractivity contribution is -0.138. The third-order valence-corrected chi connectivity index (χ3v) is 3.06. The number of rotatable bonds is 6. The number of carboxylic acid groups (broad SMARTS) is 1. The van der Waals surface area contributed by atoms with Crippen molar-refractivity contribution in [1.29, 1.82) is 0 Å². The maximum atomic E-state index is 10.7. The highest BCUT2D eigenvalue weighted by Gasteiger charge is 2.17. The highest BCUT2D eigenvalue weighted by atomic mass is 16.5. The van der Waals surface area contributed by atoms with E-state index in [4.69, 9.17) is 9.84 Å². The Balaban J connectivity index is 2.29. The molecule has 0 spiro atoms. The zero-order valence-electron chi connectivity index (χ0n) is 10.9. The number of carbonyl (C=O) groups is 1. The number of nitrogens with zero attached hydrogens (tertiary/aromatic N) is 2. The van der Waals surface area contributed by atoms with Gasteiger partial charge in [0.05, 0.1) is 6.54 Å². The highest BCUT2D eigenvalue weighted by Crippen LogP contribution is 2.06. The minimum atomic E-state index is -0.730. The molecular weight excluding hydrogens is 220 g/mol. The molecule has 0 radical (unpaired) electrons. The zero-order chi connectivity index (χ0) is 12.7. The third kappa shape index (κ3) is 6.00. The molecule has 0 aromatic rings. The van der Waals surface area contributed by atoms with E-state index >= 15 is 0 Å². The van der Waals surface area contributed by atoms with Crippen molar-refractivity contribution in [3.8, 4) is 0 Å². The van der Waals surface area contributed by atoms with Crippen molar-refractivity contribution in [3.05, 3.63) is 0 Å². The number of aliphatic carboxylic acids is 1. The quantitative estimate of drug-likeness (QED) is 0.731. The van der Waals surface area contributed by atoms with Gasteiger partial charge < -0.3 is 14.7 Å². The van der Waals surface area contributed by atoms with E-state index in [9.17, 15) is 4.79 Å². The second-order valence-corrected chi connectivity index (χ2v) is 4.88. The molecule has 1 heterocycles. The Morgan fingerprint density at radius 1 is 1.29 bits per heavy atom. The standard InChI is InChI=1S/C12H24N2O3/c1-11(10-17-2)8-13-4-3-5-14(7-6-13)9-12(15)16/h11H,3-10H2,1-2H3,(H,15,16). The molecule has 1 fully saturated rings. The molecule has 5 heteroatoms. The van der Waals surface area contributed by atoms with E-state index in [0.717, 1.165) is 45.8 Å². The van der Waals surface area contributed by atoms with Crippen LogP contribution in [-0.2, 0) is 9.53 Å². The summed E-state index contributed by atoms with van der Waals surface area (Å²) in [6.45, 7) is 7.94. The van der Waals surface area contributed by atoms with Crippen LogP contribution in [0.5, 0.6) is 0 Å². The Kier molecular flexibility index (Phi) is 6.47. The maximum Gasteiger partial charge on any atom is 0.317 e. The summed E-state index contributed by atoms with van der Waals surface area (Å²) in [5, 5.41) is 8.77. The average molecular weight is 244 g/mol. The topological polar surface area (TPSA) is 53.0 Å². The van der Waals surface area contributed by atoms with E-state index in [1.807, 2.05) is 4.90 Å². The first kappa shape index (κ1) is 14.4. The molecule has 1 unspecified atom stereocenters. The van der Waals surface area contributed by atoms with Gasteiger partial charge in [0.25, 0.3) is 0 Å². The molecule has 1 aliphatic rings. The van der Waals surface area contributed by atoms with Crippen LogP contribution in [0.4, 0.5) is 0 Å². The van der Waals surface area contributed by atoms with Crippen LogP contribution in [-0.4, -0.2) is 73.9 Å². The van der Waals surface area contributed by atoms with E-state index in [0.29, 0.717) is 5.92 Å². The van der Waals surface area contributed by atoms with Crippen molar-refractivity contribution in [2.75, 3.05) is 53.0 Å². The van der Waals surface area contributed by atoms with Crippen LogP contribution in [0, 0.1) is 5.92 Å². The van der Waals surface area contributed by atoms with Gasteiger partial charge in [-0.25, -0.2) is 0 Å². The molecule has 17 heavy (non-hydrogen) atoms. The number of methoxy groups -OCH3 is 1. The minimum Gasteiger partial charge on any atom is -0.480 e. The van der Waals surface area contributed by atoms with Crippen LogP contribution in [0.3, 0.4) is 0 Å². The molecule has 1 saturated heterocycles. The summed E-state index contributed by atoms with van der Waals surface area (Å²) < 4.78 is 5.14. The molecule has 0 saturated carbocycles. The first-order chi connectivity index (χ1) is 8.11. The molecule has 0 amide bonds. The second kappa shape index (κ2) is 7.63. The van der Waals surface area contributed by atoms with Crippen LogP contribution in [0.2, 0.25) is 0 Å². The average Bonchev–Trinajstić information content (AvgIpc) is 2.44. The summed E-state index contributed by atoms with van der Waals surface area (Å²) in [6, 6.07) is 0. The van der Waals surface area contributed by atoms with Crippen LogP contribution in [0.25, 0.3) is 0 Å². The van der Waals surface area contributed by atoms with Crippen molar-refractivity contribution in [3.63, 3.8) is 0 Å². The summed E-state index contributed by atoms with van der Waals surface area (Å²) in [6.07, 6.45) is 1.05. The second-order valence-electron chi connectivity index (χ2n) is 4.88. The van der Waals surface area contributed by atoms with Gasteiger partial charge in [-0.1, -0.05) is 6.92 Å². The Morgan fingerprint density at radius 2 is 1.94 bits per heavy atom. The monoisotopic (exact) mass is 244 g/mol. The van der Waals surface area contributed by atoms with Gasteiger partial charge in [-0.15, -0.1) is 0 Å². The van der Waals surface area contributed by atoms with Crippen LogP contribution < -0.4 is 0 Å². The van der Waals surface area contributed by atoms with Gasteiger partial charge in [-0.3, -0.25) is 9.69 Å². The molecule has 5 nitrogen and oxygen atoms in total. The Labute approximate surface area is 103 Å². The SMILES string of the molecule is COCC(C)CN1CCCN(CC(=O)O)CC1. The number of carboxylic acids is 1. The molecule has 1 aliphatic heterocycles. The number of hydrogen-bond acceptors (Lipinski definition) is 4. The van der Waals surface area contributed by atoms with Crippen LogP contribution >= 0.6 is 0 Å². The van der Waals surface area contributed by atoms with Crippen molar-refractivity contribution in [2.24, 2.45) is 5.92 Å². The molecule has 1 rings (SSSR count). The number of ether oxygens (including phenoxy) is 1. The van der Waals surface area contributed by atoms with E-state index in [1.54, 1.807) is 7.11 Å². The Morgan fingerprint density at radius 3 is 2.59 bits per heavy atom. The Hall–Kier alpha value is -0.650. The highest BCUT2D eigenvalue weighted by molar-refractivity contribution is 5.69. The van der Waals surface area contributed by atoms with Crippen molar-refractivity contribution < 1.29 is 14.6 Å². The fourth-order valence-corrected chi connectivity index (χ4v) is 2.33. The van der Waals surface area contributed by atoms with Crippen molar-refractivity contribution >= 4 is 5.97 Å². The van der Waals surface area contributed by atoms with E-state index in [-0.39, 0.29) is 6.54 Å². The molecule has 0 aromatic carbocycles. The van der Waals surface area contributed by atoms with Gasteiger partial charge in [0.1, 0.15) is 0 Å². The van der Waals surface area contributed by atoms with Gasteiger partial charge in [-0.2, -0.15) is 0 Å². The number of hydrogen-bond donors (Lipinski definition) is 1. The summed E-state index contributed by atoms with van der Waals surface area (Å²) in [4.78, 5) is 15.1. The van der Waals surface area contributed by atoms with Gasteiger partial charge in [-0.05, 0) is 18.9 Å². The third-order valence-electron chi connectivity index (χ3n) is 3.06. The predicted molar refractivity (Wildman–Crippen MR) is 66.2 cm³/mol. The summed E-state index contributed by atoms with van der Waals surface area (Å²) in [7, 11) is 1.73. The zero-order valence-corrected chi connectivity index (χ0v) is 10.9. The lowest BCUT2D eigenvalue weighted by Gasteiger charge is -2.23. The Bertz CT molecular complexity index is 236. The van der Waals surface area contributed by atoms with E-state index in [1.165, 1.54) is 0 Å². The smallest absolute Gasteiger partial charge is 0.317 e. The summed E-state index contributed by atoms with van der Waals surface area (Å²) >= 11 is 0. The summed E-state index contributed by atoms with van der Waals surface area (Å²) in [5.41, 5.74) is 0. The normalized spacial score (nSPS) is 21.1. The first-order valence-corrected chi connectivity index (χ1v) is 6.27. The van der Waals surface area contributed by atoms with Gasteiger partial charge in [0, 0.05) is 39.9 Å². The fraction of sp³-hybridized carbons (Fsp3) is 0.917. The predicted octanol–water partition coefficient (Wildman–Crippen LogP) is 0.361. The van der Waals surface area contributed by atoms with Crippen molar-refractivity contribution in [1.82, 2.24) is 9.80 Å². The van der Waals surface area contributed by atoms with Gasteiger partial charge in [0.15, 0.2) is 0 Å². The van der Waals surface area contributed by atoms with Crippen LogP contribution in [0.15, 0.2) is 0 Å². The molecule has 0 aliphatic carbocycles. The molecule has 1 atom stereocenters. The lowest BCUT2D eigenvalue weighted by atomic mass is 10.2. The van der Waals surface area contributed by atoms with Crippen LogP contribution in [0.1, 0.15) is 13.3 Å². The van der Waals surface area contributed by atoms with E-state index < -0.39 is 5.97 Å². The van der Waals surface area contributed by atoms with Crippen molar-refractivity contribution in [2.45, 2.75) is 13.3 Å².